The van der Waals surface area contributed by atoms with Gasteiger partial charge in [0.2, 0.25) is 0 Å². The molecule has 0 spiro atoms. The van der Waals surface area contributed by atoms with E-state index in [1.54, 1.807) is 0 Å². The number of fused-ring (bicyclic) bond motifs is 10. The van der Waals surface area contributed by atoms with E-state index in [9.17, 15) is 0 Å². The lowest BCUT2D eigenvalue weighted by Gasteiger charge is -2.31. The van der Waals surface area contributed by atoms with Crippen LogP contribution in [0.5, 0.6) is 0 Å². The molecule has 0 aromatic heterocycles. The van der Waals surface area contributed by atoms with Crippen LogP contribution in [0.3, 0.4) is 0 Å². The first-order valence-electron chi connectivity index (χ1n) is 15.4. The summed E-state index contributed by atoms with van der Waals surface area (Å²) in [5, 5.41) is 2.65. The van der Waals surface area contributed by atoms with Gasteiger partial charge >= 0.3 is 0 Å². The lowest BCUT2D eigenvalue weighted by Crippen LogP contribution is -2.24. The topological polar surface area (TPSA) is 0 Å². The van der Waals surface area contributed by atoms with Crippen molar-refractivity contribution in [2.75, 3.05) is 0 Å². The first kappa shape index (κ1) is 26.3. The number of hydrogen-bond acceptors (Lipinski definition) is 0. The smallest absolute Gasteiger partial charge is 0.0252 e. The molecule has 0 amide bonds. The minimum absolute atomic E-state index is 0.182. The van der Waals surface area contributed by atoms with E-state index in [-0.39, 0.29) is 10.8 Å². The molecule has 0 saturated carbocycles. The fourth-order valence-electron chi connectivity index (χ4n) is 7.56. The highest BCUT2D eigenvalue weighted by molar-refractivity contribution is 6.13. The SMILES string of the molecule is CC1(C)c2cc(C#Cc3ccccc3)ccc2-c2c1c1c(c3ccccc23)-c2ccc(C#Cc3ccccc3)cc2C1(C)C. The first-order valence-corrected chi connectivity index (χ1v) is 15.4. The molecule has 0 N–H and O–H groups in total. The Bertz CT molecular complexity index is 2090. The molecule has 2 aliphatic rings. The zero-order chi connectivity index (χ0) is 30.1. The molecule has 0 radical (unpaired) electrons. The van der Waals surface area contributed by atoms with Crippen molar-refractivity contribution in [1.82, 2.24) is 0 Å². The van der Waals surface area contributed by atoms with Gasteiger partial charge in [0.15, 0.2) is 0 Å². The summed E-state index contributed by atoms with van der Waals surface area (Å²) in [4.78, 5) is 0. The molecule has 6 aromatic rings. The summed E-state index contributed by atoms with van der Waals surface area (Å²) in [6.07, 6.45) is 0. The van der Waals surface area contributed by atoms with Crippen molar-refractivity contribution in [3.8, 4) is 45.9 Å². The van der Waals surface area contributed by atoms with Crippen LogP contribution in [0, 0.1) is 23.7 Å². The van der Waals surface area contributed by atoms with Crippen LogP contribution in [-0.2, 0) is 10.8 Å². The lowest BCUT2D eigenvalue weighted by molar-refractivity contribution is 0.601. The van der Waals surface area contributed by atoms with Crippen LogP contribution in [0.2, 0.25) is 0 Å². The summed E-state index contributed by atoms with van der Waals surface area (Å²) in [5.74, 6) is 13.6. The highest BCUT2D eigenvalue weighted by atomic mass is 14.5. The predicted molar refractivity (Wildman–Crippen MR) is 184 cm³/mol. The van der Waals surface area contributed by atoms with Gasteiger partial charge in [-0.05, 0) is 104 Å². The summed E-state index contributed by atoms with van der Waals surface area (Å²) < 4.78 is 0. The molecule has 0 bridgehead atoms. The number of rotatable bonds is 0. The van der Waals surface area contributed by atoms with E-state index in [1.807, 2.05) is 36.4 Å². The second kappa shape index (κ2) is 9.61. The van der Waals surface area contributed by atoms with Crippen molar-refractivity contribution >= 4 is 10.8 Å². The summed E-state index contributed by atoms with van der Waals surface area (Å²) in [7, 11) is 0. The summed E-state index contributed by atoms with van der Waals surface area (Å²) >= 11 is 0. The molecular formula is C44H32. The molecule has 0 unspecified atom stereocenters. The Morgan fingerprint density at radius 1 is 0.386 bits per heavy atom. The van der Waals surface area contributed by atoms with Crippen LogP contribution in [0.25, 0.3) is 33.0 Å². The molecule has 0 fully saturated rings. The molecule has 0 heteroatoms. The summed E-state index contributed by atoms with van der Waals surface area (Å²) in [6.45, 7) is 9.60. The second-order valence-corrected chi connectivity index (χ2v) is 13.0. The molecule has 0 saturated heterocycles. The molecule has 44 heavy (non-hydrogen) atoms. The van der Waals surface area contributed by atoms with E-state index in [0.717, 1.165) is 22.3 Å². The van der Waals surface area contributed by atoms with Gasteiger partial charge in [-0.1, -0.05) is 124 Å². The van der Waals surface area contributed by atoms with E-state index in [4.69, 9.17) is 0 Å². The predicted octanol–water partition coefficient (Wildman–Crippen LogP) is 10.3. The Hall–Kier alpha value is -5.30. The van der Waals surface area contributed by atoms with Crippen LogP contribution in [0.15, 0.2) is 121 Å². The largest absolute Gasteiger partial charge is 0.0622 e. The van der Waals surface area contributed by atoms with Gasteiger partial charge in [0.1, 0.15) is 0 Å². The second-order valence-electron chi connectivity index (χ2n) is 13.0. The van der Waals surface area contributed by atoms with E-state index in [1.165, 1.54) is 55.3 Å². The molecule has 208 valence electrons. The van der Waals surface area contributed by atoms with Crippen molar-refractivity contribution in [2.45, 2.75) is 38.5 Å². The highest BCUT2D eigenvalue weighted by Crippen LogP contribution is 2.61. The van der Waals surface area contributed by atoms with Gasteiger partial charge in [-0.25, -0.2) is 0 Å². The fraction of sp³-hybridized carbons (Fsp3) is 0.136. The Kier molecular flexibility index (Phi) is 5.75. The summed E-state index contributed by atoms with van der Waals surface area (Å²) in [5.41, 5.74) is 14.8. The van der Waals surface area contributed by atoms with Crippen LogP contribution < -0.4 is 0 Å². The monoisotopic (exact) mass is 560 g/mol. The highest BCUT2D eigenvalue weighted by Gasteiger charge is 2.47. The third-order valence-corrected chi connectivity index (χ3v) is 9.64. The maximum Gasteiger partial charge on any atom is 0.0252 e. The van der Waals surface area contributed by atoms with Crippen molar-refractivity contribution < 1.29 is 0 Å². The molecule has 2 aliphatic carbocycles. The van der Waals surface area contributed by atoms with Gasteiger partial charge in [0, 0.05) is 33.1 Å². The maximum absolute atomic E-state index is 3.44. The van der Waals surface area contributed by atoms with Crippen molar-refractivity contribution in [2.24, 2.45) is 0 Å². The molecule has 0 nitrogen and oxygen atoms in total. The average molecular weight is 561 g/mol. The van der Waals surface area contributed by atoms with E-state index >= 15 is 0 Å². The minimum atomic E-state index is -0.182. The standard InChI is InChI=1S/C44H32/c1-43(2)37-27-31(21-19-29-13-7-5-8-14-29)23-25-35(37)39-33-17-11-12-18-34(33)40-36-26-24-32(22-20-30-15-9-6-10-16-30)28-38(36)44(3,4)42(40)41(39)43/h5-18,23-28H,1-4H3. The van der Waals surface area contributed by atoms with Crippen molar-refractivity contribution in [3.63, 3.8) is 0 Å². The Morgan fingerprint density at radius 2 is 0.750 bits per heavy atom. The molecule has 0 aliphatic heterocycles. The van der Waals surface area contributed by atoms with Gasteiger partial charge in [0.05, 0.1) is 0 Å². The van der Waals surface area contributed by atoms with E-state index < -0.39 is 0 Å². The maximum atomic E-state index is 3.44. The number of hydrogen-bond donors (Lipinski definition) is 0. The molecule has 6 aromatic carbocycles. The van der Waals surface area contributed by atoms with E-state index in [2.05, 4.69) is 136 Å². The molecule has 0 heterocycles. The van der Waals surface area contributed by atoms with E-state index in [0.29, 0.717) is 0 Å². The van der Waals surface area contributed by atoms with Gasteiger partial charge in [-0.15, -0.1) is 0 Å². The van der Waals surface area contributed by atoms with Gasteiger partial charge < -0.3 is 0 Å². The molecule has 0 atom stereocenters. The quantitative estimate of drug-likeness (QED) is 0.162. The fourth-order valence-corrected chi connectivity index (χ4v) is 7.56. The van der Waals surface area contributed by atoms with Crippen LogP contribution in [0.4, 0.5) is 0 Å². The third-order valence-electron chi connectivity index (χ3n) is 9.64. The van der Waals surface area contributed by atoms with Crippen molar-refractivity contribution in [3.05, 3.63) is 166 Å². The molecular weight excluding hydrogens is 528 g/mol. The molecule has 8 rings (SSSR count). The van der Waals surface area contributed by atoms with Crippen LogP contribution in [-0.4, -0.2) is 0 Å². The Morgan fingerprint density at radius 3 is 1.16 bits per heavy atom. The Labute approximate surface area is 260 Å². The van der Waals surface area contributed by atoms with Gasteiger partial charge in [0.25, 0.3) is 0 Å². The zero-order valence-corrected chi connectivity index (χ0v) is 25.5. The average Bonchev–Trinajstić information content (AvgIpc) is 3.43. The zero-order valence-electron chi connectivity index (χ0n) is 25.5. The van der Waals surface area contributed by atoms with Crippen LogP contribution in [0.1, 0.15) is 72.2 Å². The summed E-state index contributed by atoms with van der Waals surface area (Å²) in [6, 6.07) is 43.1. The van der Waals surface area contributed by atoms with Gasteiger partial charge in [-0.3, -0.25) is 0 Å². The lowest BCUT2D eigenvalue weighted by atomic mass is 9.71. The Balaban J connectivity index is 1.33. The number of benzene rings is 6. The van der Waals surface area contributed by atoms with Crippen LogP contribution >= 0.6 is 0 Å². The van der Waals surface area contributed by atoms with Gasteiger partial charge in [-0.2, -0.15) is 0 Å². The minimum Gasteiger partial charge on any atom is -0.0622 e. The third kappa shape index (κ3) is 3.89. The first-order chi connectivity index (χ1) is 21.3. The normalized spacial score (nSPS) is 14.4. The van der Waals surface area contributed by atoms with Crippen molar-refractivity contribution in [1.29, 1.82) is 0 Å².